The molecule has 178 valence electrons. The SMILES string of the molecule is CCCCCC(=O)N1CCCC(COc2ccc(F)cc2)(CC(=O)N2CCN(C)CC2)C1. The van der Waals surface area contributed by atoms with E-state index in [9.17, 15) is 14.0 Å². The number of halogens is 1. The number of carbonyl (C=O) groups excluding carboxylic acids is 2. The number of unbranched alkanes of at least 4 members (excludes halogenated alkanes) is 2. The van der Waals surface area contributed by atoms with Crippen molar-refractivity contribution in [3.63, 3.8) is 0 Å². The smallest absolute Gasteiger partial charge is 0.223 e. The van der Waals surface area contributed by atoms with Crippen molar-refractivity contribution in [3.05, 3.63) is 30.1 Å². The van der Waals surface area contributed by atoms with Crippen LogP contribution in [-0.4, -0.2) is 79.4 Å². The number of likely N-dealkylation sites (tertiary alicyclic amines) is 1. The summed E-state index contributed by atoms with van der Waals surface area (Å²) >= 11 is 0. The van der Waals surface area contributed by atoms with Gasteiger partial charge in [0.15, 0.2) is 0 Å². The van der Waals surface area contributed by atoms with Crippen LogP contribution in [0, 0.1) is 11.2 Å². The molecule has 2 amide bonds. The summed E-state index contributed by atoms with van der Waals surface area (Å²) in [5.41, 5.74) is -0.423. The lowest BCUT2D eigenvalue weighted by atomic mass is 9.77. The maximum absolute atomic E-state index is 13.3. The summed E-state index contributed by atoms with van der Waals surface area (Å²) in [5.74, 6) is 0.598. The number of piperidine rings is 1. The minimum absolute atomic E-state index is 0.140. The Hall–Kier alpha value is -2.15. The van der Waals surface area contributed by atoms with Gasteiger partial charge in [0.1, 0.15) is 11.6 Å². The van der Waals surface area contributed by atoms with Crippen molar-refractivity contribution in [2.75, 3.05) is 52.9 Å². The van der Waals surface area contributed by atoms with Gasteiger partial charge in [-0.3, -0.25) is 9.59 Å². The molecule has 6 nitrogen and oxygen atoms in total. The van der Waals surface area contributed by atoms with Gasteiger partial charge < -0.3 is 19.4 Å². The Morgan fingerprint density at radius 1 is 1.00 bits per heavy atom. The molecule has 2 fully saturated rings. The first-order chi connectivity index (χ1) is 15.4. The van der Waals surface area contributed by atoms with Gasteiger partial charge in [0, 0.05) is 57.5 Å². The fourth-order valence-corrected chi connectivity index (χ4v) is 4.67. The molecule has 0 saturated carbocycles. The van der Waals surface area contributed by atoms with E-state index in [-0.39, 0.29) is 17.6 Å². The fourth-order valence-electron chi connectivity index (χ4n) is 4.67. The lowest BCUT2D eigenvalue weighted by Gasteiger charge is -2.43. The number of benzene rings is 1. The third kappa shape index (κ3) is 6.92. The van der Waals surface area contributed by atoms with Crippen LogP contribution in [0.25, 0.3) is 0 Å². The predicted octanol–water partition coefficient (Wildman–Crippen LogP) is 3.56. The van der Waals surface area contributed by atoms with Crippen molar-refractivity contribution >= 4 is 11.8 Å². The number of hydrogen-bond donors (Lipinski definition) is 0. The Morgan fingerprint density at radius 3 is 2.41 bits per heavy atom. The van der Waals surface area contributed by atoms with Gasteiger partial charge >= 0.3 is 0 Å². The van der Waals surface area contributed by atoms with Gasteiger partial charge in [-0.05, 0) is 50.6 Å². The van der Waals surface area contributed by atoms with E-state index in [0.29, 0.717) is 31.7 Å². The fraction of sp³-hybridized carbons (Fsp3) is 0.680. The zero-order valence-electron chi connectivity index (χ0n) is 19.7. The molecule has 0 bridgehead atoms. The molecule has 1 atom stereocenters. The van der Waals surface area contributed by atoms with Crippen LogP contribution in [0.15, 0.2) is 24.3 Å². The summed E-state index contributed by atoms with van der Waals surface area (Å²) in [4.78, 5) is 32.2. The molecule has 3 rings (SSSR count). The number of hydrogen-bond acceptors (Lipinski definition) is 4. The molecule has 0 N–H and O–H groups in total. The third-order valence-corrected chi connectivity index (χ3v) is 6.75. The predicted molar refractivity (Wildman–Crippen MR) is 123 cm³/mol. The third-order valence-electron chi connectivity index (χ3n) is 6.75. The van der Waals surface area contributed by atoms with Crippen molar-refractivity contribution in [1.29, 1.82) is 0 Å². The highest BCUT2D eigenvalue weighted by molar-refractivity contribution is 5.78. The van der Waals surface area contributed by atoms with E-state index in [1.807, 2.05) is 9.80 Å². The summed E-state index contributed by atoms with van der Waals surface area (Å²) in [6.07, 6.45) is 5.69. The number of ether oxygens (including phenoxy) is 1. The molecular weight excluding hydrogens is 409 g/mol. The van der Waals surface area contributed by atoms with E-state index < -0.39 is 5.41 Å². The Bertz CT molecular complexity index is 749. The van der Waals surface area contributed by atoms with E-state index in [1.54, 1.807) is 12.1 Å². The lowest BCUT2D eigenvalue weighted by molar-refractivity contribution is -0.142. The number of amides is 2. The van der Waals surface area contributed by atoms with Crippen LogP contribution in [0.3, 0.4) is 0 Å². The first kappa shape index (κ1) is 24.5. The monoisotopic (exact) mass is 447 g/mol. The van der Waals surface area contributed by atoms with Crippen LogP contribution in [0.1, 0.15) is 51.9 Å². The quantitative estimate of drug-likeness (QED) is 0.543. The molecule has 0 spiro atoms. The van der Waals surface area contributed by atoms with E-state index in [2.05, 4.69) is 18.9 Å². The zero-order valence-corrected chi connectivity index (χ0v) is 19.7. The van der Waals surface area contributed by atoms with Crippen LogP contribution in [0.5, 0.6) is 5.75 Å². The highest BCUT2D eigenvalue weighted by Crippen LogP contribution is 2.36. The molecular formula is C25H38FN3O3. The van der Waals surface area contributed by atoms with Crippen molar-refractivity contribution in [1.82, 2.24) is 14.7 Å². The summed E-state index contributed by atoms with van der Waals surface area (Å²) in [7, 11) is 2.07. The average Bonchev–Trinajstić information content (AvgIpc) is 2.79. The molecule has 2 saturated heterocycles. The van der Waals surface area contributed by atoms with Gasteiger partial charge in [-0.25, -0.2) is 4.39 Å². The maximum Gasteiger partial charge on any atom is 0.223 e. The summed E-state index contributed by atoms with van der Waals surface area (Å²) in [6, 6.07) is 5.98. The Kier molecular flexibility index (Phi) is 8.91. The van der Waals surface area contributed by atoms with E-state index in [0.717, 1.165) is 64.8 Å². The topological polar surface area (TPSA) is 53.1 Å². The standard InChI is InChI=1S/C25H38FN3O3/c1-3-4-5-7-23(30)29-13-6-12-25(19-29,20-32-22-10-8-21(26)9-11-22)18-24(31)28-16-14-27(2)15-17-28/h8-11H,3-7,12-20H2,1-2H3. The number of rotatable bonds is 9. The van der Waals surface area contributed by atoms with Crippen molar-refractivity contribution < 1.29 is 18.7 Å². The van der Waals surface area contributed by atoms with Crippen LogP contribution < -0.4 is 4.74 Å². The van der Waals surface area contributed by atoms with Gasteiger partial charge in [0.25, 0.3) is 0 Å². The molecule has 2 aliphatic heterocycles. The second-order valence-corrected chi connectivity index (χ2v) is 9.48. The Balaban J connectivity index is 1.69. The van der Waals surface area contributed by atoms with Crippen molar-refractivity contribution in [3.8, 4) is 5.75 Å². The Labute approximate surface area is 191 Å². The molecule has 0 aliphatic carbocycles. The normalized spacial score (nSPS) is 22.1. The molecule has 1 aromatic rings. The second kappa shape index (κ2) is 11.6. The number of nitrogens with zero attached hydrogens (tertiary/aromatic N) is 3. The molecule has 7 heteroatoms. The maximum atomic E-state index is 13.3. The number of piperazine rings is 1. The van der Waals surface area contributed by atoms with Crippen LogP contribution in [0.4, 0.5) is 4.39 Å². The van der Waals surface area contributed by atoms with E-state index in [4.69, 9.17) is 4.74 Å². The highest BCUT2D eigenvalue weighted by atomic mass is 19.1. The minimum Gasteiger partial charge on any atom is -0.493 e. The van der Waals surface area contributed by atoms with Crippen molar-refractivity contribution in [2.45, 2.75) is 51.9 Å². The summed E-state index contributed by atoms with van der Waals surface area (Å²) < 4.78 is 19.3. The van der Waals surface area contributed by atoms with Gasteiger partial charge in [-0.1, -0.05) is 19.8 Å². The van der Waals surface area contributed by atoms with E-state index >= 15 is 0 Å². The number of likely N-dealkylation sites (N-methyl/N-ethyl adjacent to an activating group) is 1. The lowest BCUT2D eigenvalue weighted by Crippen LogP contribution is -2.53. The van der Waals surface area contributed by atoms with Gasteiger partial charge in [-0.15, -0.1) is 0 Å². The minimum atomic E-state index is -0.423. The largest absolute Gasteiger partial charge is 0.493 e. The molecule has 2 aliphatic rings. The van der Waals surface area contributed by atoms with Crippen LogP contribution in [0.2, 0.25) is 0 Å². The summed E-state index contributed by atoms with van der Waals surface area (Å²) in [6.45, 7) is 7.00. The van der Waals surface area contributed by atoms with Gasteiger partial charge in [0.2, 0.25) is 11.8 Å². The number of carbonyl (C=O) groups is 2. The molecule has 0 radical (unpaired) electrons. The van der Waals surface area contributed by atoms with Crippen LogP contribution in [-0.2, 0) is 9.59 Å². The summed E-state index contributed by atoms with van der Waals surface area (Å²) in [5, 5.41) is 0. The second-order valence-electron chi connectivity index (χ2n) is 9.48. The molecule has 0 aromatic heterocycles. The van der Waals surface area contributed by atoms with Crippen LogP contribution >= 0.6 is 0 Å². The van der Waals surface area contributed by atoms with Gasteiger partial charge in [0.05, 0.1) is 6.61 Å². The highest BCUT2D eigenvalue weighted by Gasteiger charge is 2.41. The first-order valence-electron chi connectivity index (χ1n) is 12.0. The van der Waals surface area contributed by atoms with Gasteiger partial charge in [-0.2, -0.15) is 0 Å². The van der Waals surface area contributed by atoms with E-state index in [1.165, 1.54) is 12.1 Å². The Morgan fingerprint density at radius 2 is 1.72 bits per heavy atom. The zero-order chi connectivity index (χ0) is 23.0. The molecule has 2 heterocycles. The first-order valence-corrected chi connectivity index (χ1v) is 12.0. The van der Waals surface area contributed by atoms with Crippen molar-refractivity contribution in [2.24, 2.45) is 5.41 Å². The average molecular weight is 448 g/mol. The molecule has 32 heavy (non-hydrogen) atoms. The molecule has 1 unspecified atom stereocenters. The molecule has 1 aromatic carbocycles.